The van der Waals surface area contributed by atoms with Crippen molar-refractivity contribution in [1.82, 2.24) is 14.4 Å². The Morgan fingerprint density at radius 1 is 1.00 bits per heavy atom. The Bertz CT molecular complexity index is 1820. The number of allylic oxidation sites excluding steroid dienone is 1. The number of benzene rings is 2. The molecule has 0 saturated carbocycles. The number of thiazole rings is 1. The van der Waals surface area contributed by atoms with Crippen molar-refractivity contribution in [2.24, 2.45) is 0 Å². The van der Waals surface area contributed by atoms with Crippen molar-refractivity contribution in [3.8, 4) is 11.1 Å². The molecule has 1 aliphatic carbocycles. The van der Waals surface area contributed by atoms with Crippen molar-refractivity contribution >= 4 is 68.0 Å². The van der Waals surface area contributed by atoms with E-state index in [1.165, 1.54) is 18.3 Å². The molecule has 0 aliphatic heterocycles. The number of hydrogen-bond donors (Lipinski definition) is 0. The maximum Gasteiger partial charge on any atom is 0.268 e. The van der Waals surface area contributed by atoms with E-state index in [4.69, 9.17) is 33.2 Å². The van der Waals surface area contributed by atoms with Crippen LogP contribution in [0.25, 0.3) is 38.8 Å². The number of hydrogen-bond acceptors (Lipinski definition) is 5. The van der Waals surface area contributed by atoms with Crippen LogP contribution in [0, 0.1) is 6.92 Å². The van der Waals surface area contributed by atoms with E-state index in [2.05, 4.69) is 6.08 Å². The van der Waals surface area contributed by atoms with Gasteiger partial charge in [0.2, 0.25) is 0 Å². The van der Waals surface area contributed by atoms with Crippen LogP contribution in [0.15, 0.2) is 53.3 Å². The highest BCUT2D eigenvalue weighted by Gasteiger charge is 2.26. The van der Waals surface area contributed by atoms with Gasteiger partial charge in [-0.3, -0.25) is 14.0 Å². The fraction of sp³-hybridized carbons (Fsp3) is 0.172. The smallest absolute Gasteiger partial charge is 0.268 e. The molecule has 184 valence electrons. The Morgan fingerprint density at radius 3 is 2.35 bits per heavy atom. The van der Waals surface area contributed by atoms with Crippen molar-refractivity contribution in [3.63, 3.8) is 0 Å². The molecule has 0 amide bonds. The standard InChI is InChI=1S/C29H21Cl2N3O2S/c1-15-26(16(2)35)37-29-33-27-24(28(36)34(15)29)23(18-8-12-21(31)13-9-18)22-5-3-4-19(25(22)32-27)14-17-6-10-20(30)11-7-17/h6-14H,3-5H2,1-2H3/b19-14+. The summed E-state index contributed by atoms with van der Waals surface area (Å²) in [4.78, 5) is 37.0. The Hall–Kier alpha value is -3.32. The number of halogens is 2. The maximum absolute atomic E-state index is 14.0. The quantitative estimate of drug-likeness (QED) is 0.218. The van der Waals surface area contributed by atoms with Gasteiger partial charge in [0.15, 0.2) is 16.4 Å². The molecule has 2 aromatic carbocycles. The number of fused-ring (bicyclic) bond motifs is 3. The second-order valence-corrected chi connectivity index (χ2v) is 11.1. The van der Waals surface area contributed by atoms with Crippen LogP contribution in [-0.2, 0) is 6.42 Å². The van der Waals surface area contributed by atoms with Crippen LogP contribution in [0.3, 0.4) is 0 Å². The summed E-state index contributed by atoms with van der Waals surface area (Å²) in [6.07, 6.45) is 4.72. The first-order valence-electron chi connectivity index (χ1n) is 11.9. The minimum absolute atomic E-state index is 0.0881. The third-order valence-electron chi connectivity index (χ3n) is 6.79. The normalized spacial score (nSPS) is 14.4. The van der Waals surface area contributed by atoms with E-state index in [-0.39, 0.29) is 11.3 Å². The van der Waals surface area contributed by atoms with Crippen molar-refractivity contribution in [2.75, 3.05) is 0 Å². The molecule has 0 saturated heterocycles. The average molecular weight is 546 g/mol. The molecule has 0 bridgehead atoms. The number of rotatable bonds is 3. The summed E-state index contributed by atoms with van der Waals surface area (Å²) in [6, 6.07) is 15.2. The highest BCUT2D eigenvalue weighted by atomic mass is 35.5. The first kappa shape index (κ1) is 24.0. The molecule has 3 heterocycles. The minimum atomic E-state index is -0.213. The minimum Gasteiger partial charge on any atom is -0.294 e. The zero-order valence-electron chi connectivity index (χ0n) is 20.1. The summed E-state index contributed by atoms with van der Waals surface area (Å²) in [5.74, 6) is -0.0881. The number of aryl methyl sites for hydroxylation is 1. The van der Waals surface area contributed by atoms with Gasteiger partial charge in [-0.05, 0) is 78.8 Å². The van der Waals surface area contributed by atoms with E-state index < -0.39 is 0 Å². The molecule has 3 aromatic heterocycles. The average Bonchev–Trinajstić information content (AvgIpc) is 3.22. The summed E-state index contributed by atoms with van der Waals surface area (Å²) in [6.45, 7) is 3.29. The summed E-state index contributed by atoms with van der Waals surface area (Å²) < 4.78 is 1.55. The molecule has 0 N–H and O–H groups in total. The van der Waals surface area contributed by atoms with E-state index in [1.54, 1.807) is 11.3 Å². The topological polar surface area (TPSA) is 64.3 Å². The van der Waals surface area contributed by atoms with Crippen LogP contribution in [-0.4, -0.2) is 20.2 Å². The number of Topliss-reactive ketones (excluding diaryl/α,β-unsaturated/α-hetero) is 1. The molecule has 0 unspecified atom stereocenters. The lowest BCUT2D eigenvalue weighted by molar-refractivity contribution is 0.102. The van der Waals surface area contributed by atoms with Crippen molar-refractivity contribution in [1.29, 1.82) is 0 Å². The van der Waals surface area contributed by atoms with Gasteiger partial charge in [0, 0.05) is 28.2 Å². The second-order valence-electron chi connectivity index (χ2n) is 9.20. The highest BCUT2D eigenvalue weighted by Crippen LogP contribution is 2.40. The van der Waals surface area contributed by atoms with Gasteiger partial charge in [0.05, 0.1) is 16.0 Å². The second kappa shape index (κ2) is 9.21. The molecule has 0 radical (unpaired) electrons. The van der Waals surface area contributed by atoms with E-state index in [0.29, 0.717) is 36.6 Å². The molecule has 37 heavy (non-hydrogen) atoms. The number of nitrogens with zero attached hydrogens (tertiary/aromatic N) is 3. The molecule has 5 nitrogen and oxygen atoms in total. The van der Waals surface area contributed by atoms with E-state index in [9.17, 15) is 9.59 Å². The molecule has 1 aliphatic rings. The molecule has 0 atom stereocenters. The SMILES string of the molecule is CC(=O)c1sc2nc3nc4c(c(-c5ccc(Cl)cc5)c3c(=O)n2c1C)CCC/C4=C\c1ccc(Cl)cc1. The van der Waals surface area contributed by atoms with Crippen molar-refractivity contribution < 1.29 is 4.79 Å². The number of ketones is 1. The third-order valence-corrected chi connectivity index (χ3v) is 8.53. The van der Waals surface area contributed by atoms with Gasteiger partial charge in [0.1, 0.15) is 0 Å². The largest absolute Gasteiger partial charge is 0.294 e. The van der Waals surface area contributed by atoms with Gasteiger partial charge in [0.25, 0.3) is 5.56 Å². The molecular weight excluding hydrogens is 525 g/mol. The van der Waals surface area contributed by atoms with Crippen LogP contribution in [0.1, 0.15) is 52.0 Å². The van der Waals surface area contributed by atoms with Gasteiger partial charge < -0.3 is 0 Å². The molecule has 6 rings (SSSR count). The molecule has 0 fully saturated rings. The van der Waals surface area contributed by atoms with Gasteiger partial charge in [-0.25, -0.2) is 4.98 Å². The van der Waals surface area contributed by atoms with Crippen LogP contribution in [0.2, 0.25) is 10.0 Å². The third kappa shape index (κ3) is 4.09. The predicted octanol–water partition coefficient (Wildman–Crippen LogP) is 7.67. The number of carbonyl (C=O) groups excluding carboxylic acids is 1. The van der Waals surface area contributed by atoms with E-state index in [0.717, 1.165) is 52.8 Å². The van der Waals surface area contributed by atoms with Crippen LogP contribution >= 0.6 is 34.5 Å². The number of aromatic nitrogens is 3. The first-order valence-corrected chi connectivity index (χ1v) is 13.5. The van der Waals surface area contributed by atoms with Gasteiger partial charge in [-0.2, -0.15) is 4.98 Å². The number of carbonyl (C=O) groups is 1. The lowest BCUT2D eigenvalue weighted by Crippen LogP contribution is -2.19. The van der Waals surface area contributed by atoms with Gasteiger partial charge in [-0.15, -0.1) is 0 Å². The zero-order valence-corrected chi connectivity index (χ0v) is 22.5. The monoisotopic (exact) mass is 545 g/mol. The first-order chi connectivity index (χ1) is 17.8. The molecular formula is C29H21Cl2N3O2S. The molecule has 8 heteroatoms. The fourth-order valence-corrected chi connectivity index (χ4v) is 6.37. The van der Waals surface area contributed by atoms with Crippen LogP contribution < -0.4 is 5.56 Å². The molecule has 0 spiro atoms. The Labute approximate surface area is 227 Å². The molecule has 5 aromatic rings. The van der Waals surface area contributed by atoms with E-state index >= 15 is 0 Å². The fourth-order valence-electron chi connectivity index (χ4n) is 5.11. The van der Waals surface area contributed by atoms with Crippen LogP contribution in [0.4, 0.5) is 0 Å². The number of pyridine rings is 1. The Morgan fingerprint density at radius 2 is 1.68 bits per heavy atom. The van der Waals surface area contributed by atoms with Gasteiger partial charge >= 0.3 is 0 Å². The van der Waals surface area contributed by atoms with Crippen molar-refractivity contribution in [3.05, 3.63) is 96.3 Å². The lowest BCUT2D eigenvalue weighted by atomic mass is 9.84. The Kier molecular flexibility index (Phi) is 5.98. The highest BCUT2D eigenvalue weighted by molar-refractivity contribution is 7.19. The lowest BCUT2D eigenvalue weighted by Gasteiger charge is -2.23. The summed E-state index contributed by atoms with van der Waals surface area (Å²) >= 11 is 13.5. The Balaban J connectivity index is 1.72. The van der Waals surface area contributed by atoms with E-state index in [1.807, 2.05) is 48.5 Å². The van der Waals surface area contributed by atoms with Gasteiger partial charge in [-0.1, -0.05) is 58.8 Å². The summed E-state index contributed by atoms with van der Waals surface area (Å²) in [5.41, 5.74) is 6.51. The summed E-state index contributed by atoms with van der Waals surface area (Å²) in [7, 11) is 0. The summed E-state index contributed by atoms with van der Waals surface area (Å²) in [5, 5.41) is 1.77. The van der Waals surface area contributed by atoms with Crippen molar-refractivity contribution in [2.45, 2.75) is 33.1 Å². The predicted molar refractivity (Wildman–Crippen MR) is 152 cm³/mol. The maximum atomic E-state index is 14.0. The zero-order chi connectivity index (χ0) is 25.8. The van der Waals surface area contributed by atoms with Crippen LogP contribution in [0.5, 0.6) is 0 Å².